The number of anilines is 1. The number of carbonyl (C=O) groups is 3. The molecule has 0 spiro atoms. The van der Waals surface area contributed by atoms with Gasteiger partial charge in [-0.25, -0.2) is 14.4 Å². The van der Waals surface area contributed by atoms with Crippen LogP contribution < -0.4 is 10.6 Å². The molecule has 12 heteroatoms. The van der Waals surface area contributed by atoms with E-state index in [0.29, 0.717) is 36.6 Å². The Kier molecular flexibility index (Phi) is 17.8. The summed E-state index contributed by atoms with van der Waals surface area (Å²) in [6.45, 7) is 10.6. The smallest absolute Gasteiger partial charge is 0.338 e. The number of benzene rings is 2. The number of nitrogens with one attached hydrogen (secondary N) is 2. The fourth-order valence-corrected chi connectivity index (χ4v) is 3.97. The predicted octanol–water partition coefficient (Wildman–Crippen LogP) is 3.39. The molecule has 0 aromatic heterocycles. The van der Waals surface area contributed by atoms with Crippen LogP contribution in [0.25, 0.3) is 0 Å². The van der Waals surface area contributed by atoms with Crippen molar-refractivity contribution in [3.8, 4) is 0 Å². The van der Waals surface area contributed by atoms with Crippen LogP contribution in [0.15, 0.2) is 48.5 Å². The first-order valence-electron chi connectivity index (χ1n) is 12.5. The highest BCUT2D eigenvalue weighted by molar-refractivity contribution is 5.92. The van der Waals surface area contributed by atoms with Crippen LogP contribution in [-0.2, 0) is 16.0 Å². The molecule has 1 heterocycles. The summed E-state index contributed by atoms with van der Waals surface area (Å²) in [7, 11) is 0. The van der Waals surface area contributed by atoms with Gasteiger partial charge in [-0.15, -0.1) is 24.8 Å². The average molecular weight is 588 g/mol. The molecule has 10 nitrogen and oxygen atoms in total. The van der Waals surface area contributed by atoms with Crippen LogP contribution in [0.1, 0.15) is 46.5 Å². The van der Waals surface area contributed by atoms with Crippen molar-refractivity contribution in [2.24, 2.45) is 0 Å². The Labute approximate surface area is 242 Å². The second-order valence-electron chi connectivity index (χ2n) is 8.57. The zero-order chi connectivity index (χ0) is 25.8. The van der Waals surface area contributed by atoms with Gasteiger partial charge in [0.25, 0.3) is 0 Å². The maximum absolute atomic E-state index is 12.1. The summed E-state index contributed by atoms with van der Waals surface area (Å²) in [6, 6.07) is 14.0. The minimum absolute atomic E-state index is 0. The first-order valence-corrected chi connectivity index (χ1v) is 12.5. The zero-order valence-corrected chi connectivity index (χ0v) is 24.1. The Balaban J connectivity index is 0.00000481. The average Bonchev–Trinajstić information content (AvgIpc) is 2.89. The van der Waals surface area contributed by atoms with Gasteiger partial charge >= 0.3 is 18.0 Å². The summed E-state index contributed by atoms with van der Waals surface area (Å²) in [5.74, 6) is -0.659. The fraction of sp³-hybridized carbons (Fsp3) is 0.444. The van der Waals surface area contributed by atoms with E-state index in [4.69, 9.17) is 9.47 Å². The van der Waals surface area contributed by atoms with Crippen molar-refractivity contribution >= 4 is 48.5 Å². The van der Waals surface area contributed by atoms with Crippen molar-refractivity contribution in [1.29, 1.82) is 0 Å². The van der Waals surface area contributed by atoms with Crippen LogP contribution in [0.4, 0.5) is 10.5 Å². The van der Waals surface area contributed by atoms with E-state index in [9.17, 15) is 14.4 Å². The SMILES string of the molecule is CCOC(=O)c1ccc(CN2CCN(CCCNC(=O)Nc3ccc(C(=O)OCC)cc3)CC2)cc1.Cl.Cl.O. The molecule has 0 aliphatic carbocycles. The van der Waals surface area contributed by atoms with Crippen molar-refractivity contribution in [1.82, 2.24) is 15.1 Å². The third kappa shape index (κ3) is 12.2. The second-order valence-corrected chi connectivity index (χ2v) is 8.57. The Morgan fingerprint density at radius 2 is 1.26 bits per heavy atom. The van der Waals surface area contributed by atoms with Crippen molar-refractivity contribution in [3.05, 3.63) is 65.2 Å². The molecule has 1 saturated heterocycles. The van der Waals surface area contributed by atoms with Crippen LogP contribution >= 0.6 is 24.8 Å². The summed E-state index contributed by atoms with van der Waals surface area (Å²) in [5, 5.41) is 5.65. The Morgan fingerprint density at radius 1 is 0.769 bits per heavy atom. The second kappa shape index (κ2) is 19.2. The molecule has 39 heavy (non-hydrogen) atoms. The van der Waals surface area contributed by atoms with Crippen molar-refractivity contribution in [2.45, 2.75) is 26.8 Å². The summed E-state index contributed by atoms with van der Waals surface area (Å²) >= 11 is 0. The van der Waals surface area contributed by atoms with Gasteiger partial charge in [0.15, 0.2) is 0 Å². The van der Waals surface area contributed by atoms with E-state index < -0.39 is 0 Å². The molecule has 3 rings (SSSR count). The number of amides is 2. The van der Waals surface area contributed by atoms with Crippen LogP contribution in [0, 0.1) is 0 Å². The number of piperazine rings is 1. The minimum Gasteiger partial charge on any atom is -0.462 e. The lowest BCUT2D eigenvalue weighted by Gasteiger charge is -2.34. The number of urea groups is 1. The van der Waals surface area contributed by atoms with Crippen LogP contribution in [0.5, 0.6) is 0 Å². The van der Waals surface area contributed by atoms with E-state index in [1.807, 2.05) is 24.3 Å². The topological polar surface area (TPSA) is 132 Å². The van der Waals surface area contributed by atoms with Gasteiger partial charge in [0, 0.05) is 45.0 Å². The van der Waals surface area contributed by atoms with Crippen LogP contribution in [-0.4, -0.2) is 85.7 Å². The minimum atomic E-state index is -0.376. The largest absolute Gasteiger partial charge is 0.462 e. The standard InChI is InChI=1S/C27H36N4O5.2ClH.H2O/c1-3-35-25(32)22-8-6-21(7-9-22)20-31-18-16-30(17-19-31)15-5-14-28-27(34)29-24-12-10-23(11-13-24)26(33)36-4-2;;;/h6-13H,3-5,14-20H2,1-2H3,(H2,28,29,34);2*1H;1H2. The van der Waals surface area contributed by atoms with Crippen LogP contribution in [0.3, 0.4) is 0 Å². The van der Waals surface area contributed by atoms with E-state index >= 15 is 0 Å². The lowest BCUT2D eigenvalue weighted by atomic mass is 10.1. The molecule has 1 aliphatic heterocycles. The Morgan fingerprint density at radius 3 is 1.77 bits per heavy atom. The highest BCUT2D eigenvalue weighted by Gasteiger charge is 2.17. The van der Waals surface area contributed by atoms with E-state index in [1.165, 1.54) is 5.56 Å². The summed E-state index contributed by atoms with van der Waals surface area (Å²) in [5.41, 5.74) is 2.84. The highest BCUT2D eigenvalue weighted by Crippen LogP contribution is 2.12. The maximum Gasteiger partial charge on any atom is 0.338 e. The van der Waals surface area contributed by atoms with Crippen molar-refractivity contribution < 1.29 is 29.3 Å². The first-order chi connectivity index (χ1) is 17.5. The molecule has 218 valence electrons. The van der Waals surface area contributed by atoms with Crippen molar-refractivity contribution in [3.63, 3.8) is 0 Å². The first kappa shape index (κ1) is 36.1. The summed E-state index contributed by atoms with van der Waals surface area (Å²) in [6.07, 6.45) is 0.866. The zero-order valence-electron chi connectivity index (χ0n) is 22.4. The number of hydrogen-bond donors (Lipinski definition) is 2. The maximum atomic E-state index is 12.1. The quantitative estimate of drug-likeness (QED) is 0.304. The molecule has 0 radical (unpaired) electrons. The molecule has 4 N–H and O–H groups in total. The van der Waals surface area contributed by atoms with Gasteiger partial charge in [-0.2, -0.15) is 0 Å². The molecule has 0 atom stereocenters. The third-order valence-electron chi connectivity index (χ3n) is 5.93. The monoisotopic (exact) mass is 586 g/mol. The number of nitrogens with zero attached hydrogens (tertiary/aromatic N) is 2. The van der Waals surface area contributed by atoms with Gasteiger partial charge in [-0.05, 0) is 68.8 Å². The van der Waals surface area contributed by atoms with E-state index in [0.717, 1.165) is 45.7 Å². The summed E-state index contributed by atoms with van der Waals surface area (Å²) < 4.78 is 9.99. The highest BCUT2D eigenvalue weighted by atomic mass is 35.5. The fourth-order valence-electron chi connectivity index (χ4n) is 3.97. The molecule has 0 unspecified atom stereocenters. The number of ether oxygens (including phenoxy) is 2. The molecule has 0 bridgehead atoms. The molecule has 2 aromatic rings. The molecule has 2 amide bonds. The number of rotatable bonds is 11. The summed E-state index contributed by atoms with van der Waals surface area (Å²) in [4.78, 5) is 40.4. The third-order valence-corrected chi connectivity index (χ3v) is 5.93. The molecular formula is C27H40Cl2N4O6. The van der Waals surface area contributed by atoms with Gasteiger partial charge in [0.1, 0.15) is 0 Å². The van der Waals surface area contributed by atoms with Gasteiger partial charge in [-0.1, -0.05) is 12.1 Å². The molecular weight excluding hydrogens is 547 g/mol. The lowest BCUT2D eigenvalue weighted by molar-refractivity contribution is 0.0516. The van der Waals surface area contributed by atoms with Gasteiger partial charge in [0.05, 0.1) is 24.3 Å². The molecule has 2 aromatic carbocycles. The predicted molar refractivity (Wildman–Crippen MR) is 156 cm³/mol. The van der Waals surface area contributed by atoms with Gasteiger partial charge in [-0.3, -0.25) is 4.90 Å². The van der Waals surface area contributed by atoms with E-state index in [2.05, 4.69) is 20.4 Å². The van der Waals surface area contributed by atoms with Gasteiger partial charge < -0.3 is 30.5 Å². The molecule has 0 saturated carbocycles. The normalized spacial score (nSPS) is 13.1. The number of esters is 2. The van der Waals surface area contributed by atoms with E-state index in [1.54, 1.807) is 38.1 Å². The van der Waals surface area contributed by atoms with Gasteiger partial charge in [0.2, 0.25) is 0 Å². The Bertz CT molecular complexity index is 1000. The van der Waals surface area contributed by atoms with Crippen LogP contribution in [0.2, 0.25) is 0 Å². The lowest BCUT2D eigenvalue weighted by Crippen LogP contribution is -2.46. The number of carbonyl (C=O) groups excluding carboxylic acids is 3. The Hall–Kier alpha value is -2.89. The number of halogens is 2. The molecule has 1 fully saturated rings. The molecule has 1 aliphatic rings. The van der Waals surface area contributed by atoms with E-state index in [-0.39, 0.29) is 48.3 Å². The van der Waals surface area contributed by atoms with Crippen molar-refractivity contribution in [2.75, 3.05) is 57.8 Å². The number of hydrogen-bond acceptors (Lipinski definition) is 7.